The molecule has 22 heavy (non-hydrogen) atoms. The van der Waals surface area contributed by atoms with Gasteiger partial charge in [-0.25, -0.2) is 0 Å². The predicted octanol–water partition coefficient (Wildman–Crippen LogP) is 4.49. The van der Waals surface area contributed by atoms with Crippen LogP contribution < -0.4 is 5.43 Å². The minimum Gasteiger partial charge on any atom is -0.507 e. The lowest BCUT2D eigenvalue weighted by atomic mass is 10.1. The molecule has 0 saturated heterocycles. The predicted molar refractivity (Wildman–Crippen MR) is 86.0 cm³/mol. The van der Waals surface area contributed by atoms with Crippen molar-refractivity contribution in [3.8, 4) is 22.8 Å². The summed E-state index contributed by atoms with van der Waals surface area (Å²) in [6.45, 7) is 1.59. The van der Waals surface area contributed by atoms with Crippen molar-refractivity contribution in [2.45, 2.75) is 6.92 Å². The standard InChI is InChI=1S/C16H10Cl2O4/c1-7-14(20)13-11(19)3-2-4-12(13)22-16(7)8-5-9(17)15(21)10(18)6-8/h2-6,19,21H,1H3. The van der Waals surface area contributed by atoms with E-state index >= 15 is 0 Å². The normalized spacial score (nSPS) is 11.0. The largest absolute Gasteiger partial charge is 0.507 e. The fraction of sp³-hybridized carbons (Fsp3) is 0.0625. The van der Waals surface area contributed by atoms with E-state index < -0.39 is 0 Å². The molecule has 0 saturated carbocycles. The number of phenols is 2. The number of benzene rings is 2. The van der Waals surface area contributed by atoms with Gasteiger partial charge in [0.05, 0.1) is 10.0 Å². The van der Waals surface area contributed by atoms with Crippen LogP contribution in [0.15, 0.2) is 39.5 Å². The third kappa shape index (κ3) is 2.21. The highest BCUT2D eigenvalue weighted by Gasteiger charge is 2.17. The zero-order chi connectivity index (χ0) is 16.0. The van der Waals surface area contributed by atoms with Gasteiger partial charge in [-0.05, 0) is 31.2 Å². The number of hydrogen-bond acceptors (Lipinski definition) is 4. The lowest BCUT2D eigenvalue weighted by molar-refractivity contribution is 0.476. The van der Waals surface area contributed by atoms with Gasteiger partial charge in [-0.1, -0.05) is 29.3 Å². The van der Waals surface area contributed by atoms with Crippen LogP contribution in [0.4, 0.5) is 0 Å². The van der Waals surface area contributed by atoms with Gasteiger partial charge < -0.3 is 14.6 Å². The maximum Gasteiger partial charge on any atom is 0.199 e. The summed E-state index contributed by atoms with van der Waals surface area (Å²) in [6, 6.07) is 7.51. The molecule has 0 aliphatic carbocycles. The minimum absolute atomic E-state index is 0.0561. The van der Waals surface area contributed by atoms with Crippen LogP contribution in [-0.2, 0) is 0 Å². The van der Waals surface area contributed by atoms with Gasteiger partial charge in [0.1, 0.15) is 22.5 Å². The van der Waals surface area contributed by atoms with E-state index in [4.69, 9.17) is 27.6 Å². The second-order valence-electron chi connectivity index (χ2n) is 4.82. The van der Waals surface area contributed by atoms with Crippen LogP contribution in [0.3, 0.4) is 0 Å². The molecule has 0 atom stereocenters. The highest BCUT2D eigenvalue weighted by molar-refractivity contribution is 6.37. The van der Waals surface area contributed by atoms with Gasteiger partial charge in [-0.15, -0.1) is 0 Å². The van der Waals surface area contributed by atoms with Crippen molar-refractivity contribution in [3.63, 3.8) is 0 Å². The molecule has 6 heteroatoms. The summed E-state index contributed by atoms with van der Waals surface area (Å²) >= 11 is 11.8. The fourth-order valence-electron chi connectivity index (χ4n) is 2.28. The molecular weight excluding hydrogens is 327 g/mol. The van der Waals surface area contributed by atoms with E-state index in [0.717, 1.165) is 0 Å². The van der Waals surface area contributed by atoms with Gasteiger partial charge in [0.2, 0.25) is 0 Å². The van der Waals surface area contributed by atoms with Crippen LogP contribution >= 0.6 is 23.2 Å². The number of aromatic hydroxyl groups is 2. The molecule has 3 rings (SSSR count). The van der Waals surface area contributed by atoms with Gasteiger partial charge >= 0.3 is 0 Å². The Morgan fingerprint density at radius 1 is 1.09 bits per heavy atom. The van der Waals surface area contributed by atoms with Crippen molar-refractivity contribution >= 4 is 34.2 Å². The van der Waals surface area contributed by atoms with Gasteiger partial charge in [0.15, 0.2) is 11.2 Å². The molecule has 1 heterocycles. The Hall–Kier alpha value is -2.17. The highest BCUT2D eigenvalue weighted by atomic mass is 35.5. The second kappa shape index (κ2) is 5.23. The van der Waals surface area contributed by atoms with Crippen LogP contribution in [0, 0.1) is 6.92 Å². The van der Waals surface area contributed by atoms with Crippen molar-refractivity contribution in [1.82, 2.24) is 0 Å². The van der Waals surface area contributed by atoms with Crippen LogP contribution in [-0.4, -0.2) is 10.2 Å². The molecule has 0 aliphatic rings. The van der Waals surface area contributed by atoms with E-state index in [9.17, 15) is 15.0 Å². The van der Waals surface area contributed by atoms with Crippen LogP contribution in [0.2, 0.25) is 10.0 Å². The molecule has 0 bridgehead atoms. The molecule has 0 unspecified atom stereocenters. The van der Waals surface area contributed by atoms with Crippen LogP contribution in [0.1, 0.15) is 5.56 Å². The van der Waals surface area contributed by atoms with Gasteiger partial charge in [-0.2, -0.15) is 0 Å². The summed E-state index contributed by atoms with van der Waals surface area (Å²) in [5.74, 6) is -0.0833. The Bertz CT molecular complexity index is 937. The van der Waals surface area contributed by atoms with E-state index in [-0.39, 0.29) is 43.7 Å². The molecule has 1 aromatic heterocycles. The van der Waals surface area contributed by atoms with E-state index in [1.54, 1.807) is 19.1 Å². The monoisotopic (exact) mass is 336 g/mol. The van der Waals surface area contributed by atoms with E-state index in [1.165, 1.54) is 18.2 Å². The number of halogens is 2. The maximum atomic E-state index is 12.4. The smallest absolute Gasteiger partial charge is 0.199 e. The van der Waals surface area contributed by atoms with Crippen molar-refractivity contribution in [2.75, 3.05) is 0 Å². The summed E-state index contributed by atoms with van der Waals surface area (Å²) in [6.07, 6.45) is 0. The molecule has 0 spiro atoms. The zero-order valence-electron chi connectivity index (χ0n) is 11.4. The van der Waals surface area contributed by atoms with Gasteiger partial charge in [-0.3, -0.25) is 4.79 Å². The third-order valence-electron chi connectivity index (χ3n) is 3.40. The quantitative estimate of drug-likeness (QED) is 0.686. The average molecular weight is 337 g/mol. The maximum absolute atomic E-state index is 12.4. The van der Waals surface area contributed by atoms with Crippen molar-refractivity contribution in [1.29, 1.82) is 0 Å². The summed E-state index contributed by atoms with van der Waals surface area (Å²) in [7, 11) is 0. The SMILES string of the molecule is Cc1c(-c2cc(Cl)c(O)c(Cl)c2)oc2cccc(O)c2c1=O. The Morgan fingerprint density at radius 3 is 2.36 bits per heavy atom. The Balaban J connectivity index is 2.38. The zero-order valence-corrected chi connectivity index (χ0v) is 12.9. The number of phenolic OH excluding ortho intramolecular Hbond substituents is 2. The Morgan fingerprint density at radius 2 is 1.73 bits per heavy atom. The molecule has 112 valence electrons. The van der Waals surface area contributed by atoms with Crippen LogP contribution in [0.25, 0.3) is 22.3 Å². The summed E-state index contributed by atoms with van der Waals surface area (Å²) in [5, 5.41) is 19.7. The summed E-state index contributed by atoms with van der Waals surface area (Å²) in [4.78, 5) is 12.4. The molecule has 0 aliphatic heterocycles. The summed E-state index contributed by atoms with van der Waals surface area (Å²) in [5.41, 5.74) is 0.694. The number of fused-ring (bicyclic) bond motifs is 1. The topological polar surface area (TPSA) is 70.7 Å². The first-order valence-electron chi connectivity index (χ1n) is 6.34. The highest BCUT2D eigenvalue weighted by Crippen LogP contribution is 2.38. The molecule has 0 amide bonds. The molecule has 3 aromatic rings. The molecule has 0 fully saturated rings. The molecule has 4 nitrogen and oxygen atoms in total. The Labute approximate surface area is 135 Å². The molecular formula is C16H10Cl2O4. The fourth-order valence-corrected chi connectivity index (χ4v) is 2.77. The summed E-state index contributed by atoms with van der Waals surface area (Å²) < 4.78 is 5.73. The average Bonchev–Trinajstić information content (AvgIpc) is 2.48. The first-order valence-corrected chi connectivity index (χ1v) is 7.09. The van der Waals surface area contributed by atoms with Crippen LogP contribution in [0.5, 0.6) is 11.5 Å². The number of rotatable bonds is 1. The van der Waals surface area contributed by atoms with Gasteiger partial charge in [0.25, 0.3) is 0 Å². The number of hydrogen-bond donors (Lipinski definition) is 2. The van der Waals surface area contributed by atoms with Crippen molar-refractivity contribution in [2.24, 2.45) is 0 Å². The van der Waals surface area contributed by atoms with E-state index in [2.05, 4.69) is 0 Å². The second-order valence-corrected chi connectivity index (χ2v) is 5.64. The lowest BCUT2D eigenvalue weighted by Crippen LogP contribution is -2.07. The lowest BCUT2D eigenvalue weighted by Gasteiger charge is -2.09. The molecule has 2 aromatic carbocycles. The first-order chi connectivity index (χ1) is 10.4. The van der Waals surface area contributed by atoms with E-state index in [1.807, 2.05) is 0 Å². The van der Waals surface area contributed by atoms with Crippen molar-refractivity contribution in [3.05, 3.63) is 56.2 Å². The molecule has 2 N–H and O–H groups in total. The molecule has 0 radical (unpaired) electrons. The third-order valence-corrected chi connectivity index (χ3v) is 3.98. The van der Waals surface area contributed by atoms with E-state index in [0.29, 0.717) is 11.1 Å². The van der Waals surface area contributed by atoms with Gasteiger partial charge in [0, 0.05) is 11.1 Å². The Kier molecular flexibility index (Phi) is 3.51. The van der Waals surface area contributed by atoms with Crippen molar-refractivity contribution < 1.29 is 14.6 Å². The first kappa shape index (κ1) is 14.8. The minimum atomic E-state index is -0.338.